The van der Waals surface area contributed by atoms with E-state index in [0.717, 1.165) is 25.7 Å². The van der Waals surface area contributed by atoms with Crippen LogP contribution in [0.3, 0.4) is 0 Å². The van der Waals surface area contributed by atoms with E-state index in [2.05, 4.69) is 0 Å². The van der Waals surface area contributed by atoms with E-state index >= 15 is 0 Å². The average Bonchev–Trinajstić information content (AvgIpc) is 2.54. The molecule has 3 aliphatic rings. The molecule has 1 saturated carbocycles. The van der Waals surface area contributed by atoms with Gasteiger partial charge in [0.15, 0.2) is 0 Å². The lowest BCUT2D eigenvalue weighted by molar-refractivity contribution is 0.118. The van der Waals surface area contributed by atoms with Crippen LogP contribution in [0, 0.1) is 11.8 Å². The van der Waals surface area contributed by atoms with E-state index in [1.165, 1.54) is 25.7 Å². The summed E-state index contributed by atoms with van der Waals surface area (Å²) in [5.74, 6) is 0.929. The van der Waals surface area contributed by atoms with Gasteiger partial charge in [-0.2, -0.15) is 17.0 Å². The average molecular weight is 315 g/mol. The van der Waals surface area contributed by atoms with Crippen LogP contribution in [0.2, 0.25) is 0 Å². The Morgan fingerprint density at radius 2 is 1.67 bits per heavy atom. The van der Waals surface area contributed by atoms with Gasteiger partial charge in [0.1, 0.15) is 0 Å². The molecule has 2 aliphatic heterocycles. The van der Waals surface area contributed by atoms with Crippen molar-refractivity contribution in [3.8, 4) is 0 Å². The maximum absolute atomic E-state index is 13.1. The standard InChI is InChI=1S/C15H29N3O2S/c16-11-13-5-3-9-17(12-13)21(19,20)18-10-4-7-14-6-1-2-8-15(14)18/h13-15H,1-12,16H2/t13?,14-,15-/m1/s1. The summed E-state index contributed by atoms with van der Waals surface area (Å²) >= 11 is 0. The minimum Gasteiger partial charge on any atom is -0.330 e. The van der Waals surface area contributed by atoms with Crippen LogP contribution >= 0.6 is 0 Å². The molecule has 1 unspecified atom stereocenters. The van der Waals surface area contributed by atoms with Crippen LogP contribution in [0.4, 0.5) is 0 Å². The van der Waals surface area contributed by atoms with Crippen molar-refractivity contribution in [3.05, 3.63) is 0 Å². The van der Waals surface area contributed by atoms with Crippen LogP contribution in [0.5, 0.6) is 0 Å². The maximum Gasteiger partial charge on any atom is 0.282 e. The van der Waals surface area contributed by atoms with Gasteiger partial charge in [0.25, 0.3) is 10.2 Å². The Kier molecular flexibility index (Phi) is 4.88. The van der Waals surface area contributed by atoms with Crippen molar-refractivity contribution in [1.82, 2.24) is 8.61 Å². The summed E-state index contributed by atoms with van der Waals surface area (Å²) in [6.45, 7) is 2.60. The van der Waals surface area contributed by atoms with E-state index in [0.29, 0.717) is 38.0 Å². The molecule has 3 fully saturated rings. The third-order valence-corrected chi connectivity index (χ3v) is 7.66. The Bertz CT molecular complexity index is 452. The summed E-state index contributed by atoms with van der Waals surface area (Å²) in [6.07, 6.45) is 8.96. The predicted octanol–water partition coefficient (Wildman–Crippen LogP) is 1.56. The van der Waals surface area contributed by atoms with E-state index in [1.807, 2.05) is 4.31 Å². The third kappa shape index (κ3) is 3.14. The lowest BCUT2D eigenvalue weighted by atomic mass is 9.79. The van der Waals surface area contributed by atoms with Crippen molar-refractivity contribution in [1.29, 1.82) is 0 Å². The third-order valence-electron chi connectivity index (χ3n) is 5.63. The topological polar surface area (TPSA) is 66.6 Å². The van der Waals surface area contributed by atoms with E-state index in [1.54, 1.807) is 4.31 Å². The van der Waals surface area contributed by atoms with E-state index < -0.39 is 10.2 Å². The molecule has 5 nitrogen and oxygen atoms in total. The summed E-state index contributed by atoms with van der Waals surface area (Å²) in [5.41, 5.74) is 5.76. The number of nitrogens with zero attached hydrogens (tertiary/aromatic N) is 2. The highest BCUT2D eigenvalue weighted by Gasteiger charge is 2.42. The van der Waals surface area contributed by atoms with Gasteiger partial charge in [0.05, 0.1) is 0 Å². The Labute approximate surface area is 129 Å². The van der Waals surface area contributed by atoms with Crippen molar-refractivity contribution in [2.24, 2.45) is 17.6 Å². The molecule has 0 radical (unpaired) electrons. The molecular weight excluding hydrogens is 286 g/mol. The second-order valence-electron chi connectivity index (χ2n) is 6.97. The van der Waals surface area contributed by atoms with Crippen LogP contribution in [-0.2, 0) is 10.2 Å². The maximum atomic E-state index is 13.1. The van der Waals surface area contributed by atoms with Crippen molar-refractivity contribution in [2.75, 3.05) is 26.2 Å². The molecule has 21 heavy (non-hydrogen) atoms. The Balaban J connectivity index is 1.76. The zero-order valence-electron chi connectivity index (χ0n) is 12.9. The van der Waals surface area contributed by atoms with Gasteiger partial charge < -0.3 is 5.73 Å². The van der Waals surface area contributed by atoms with E-state index in [9.17, 15) is 8.42 Å². The Morgan fingerprint density at radius 3 is 2.48 bits per heavy atom. The molecule has 0 amide bonds. The number of hydrogen-bond acceptors (Lipinski definition) is 3. The van der Waals surface area contributed by atoms with Crippen molar-refractivity contribution >= 4 is 10.2 Å². The molecule has 0 aromatic heterocycles. The second kappa shape index (κ2) is 6.52. The van der Waals surface area contributed by atoms with Crippen LogP contribution in [0.25, 0.3) is 0 Å². The van der Waals surface area contributed by atoms with Gasteiger partial charge >= 0.3 is 0 Å². The summed E-state index contributed by atoms with van der Waals surface area (Å²) in [6, 6.07) is 0.260. The molecule has 1 aliphatic carbocycles. The number of piperidine rings is 2. The smallest absolute Gasteiger partial charge is 0.282 e. The van der Waals surface area contributed by atoms with E-state index in [4.69, 9.17) is 5.73 Å². The van der Waals surface area contributed by atoms with Crippen molar-refractivity contribution in [3.63, 3.8) is 0 Å². The summed E-state index contributed by atoms with van der Waals surface area (Å²) in [5, 5.41) is 0. The summed E-state index contributed by atoms with van der Waals surface area (Å²) in [7, 11) is -3.29. The number of hydrogen-bond donors (Lipinski definition) is 1. The molecule has 2 saturated heterocycles. The Morgan fingerprint density at radius 1 is 0.952 bits per heavy atom. The SMILES string of the molecule is NCC1CCCN(S(=O)(=O)N2CCC[C@H]3CCCC[C@H]32)C1. The first-order valence-electron chi connectivity index (χ1n) is 8.60. The minimum atomic E-state index is -3.29. The number of fused-ring (bicyclic) bond motifs is 1. The molecule has 3 rings (SSSR count). The van der Waals surface area contributed by atoms with Crippen LogP contribution < -0.4 is 5.73 Å². The fourth-order valence-corrected chi connectivity index (χ4v) is 6.48. The first-order valence-corrected chi connectivity index (χ1v) is 9.99. The molecule has 0 aromatic carbocycles. The molecule has 122 valence electrons. The van der Waals surface area contributed by atoms with Gasteiger partial charge in [-0.1, -0.05) is 12.8 Å². The van der Waals surface area contributed by atoms with Crippen molar-refractivity contribution in [2.45, 2.75) is 57.4 Å². The zero-order valence-corrected chi connectivity index (χ0v) is 13.7. The lowest BCUT2D eigenvalue weighted by Crippen LogP contribution is -2.56. The lowest BCUT2D eigenvalue weighted by Gasteiger charge is -2.45. The number of rotatable bonds is 3. The van der Waals surface area contributed by atoms with Gasteiger partial charge in [0, 0.05) is 25.7 Å². The zero-order chi connectivity index (χ0) is 14.9. The fourth-order valence-electron chi connectivity index (χ4n) is 4.44. The quantitative estimate of drug-likeness (QED) is 0.859. The van der Waals surface area contributed by atoms with Gasteiger partial charge in [0.2, 0.25) is 0 Å². The van der Waals surface area contributed by atoms with Crippen LogP contribution in [0.15, 0.2) is 0 Å². The number of nitrogens with two attached hydrogens (primary N) is 1. The molecule has 0 aromatic rings. The highest BCUT2D eigenvalue weighted by atomic mass is 32.2. The van der Waals surface area contributed by atoms with Crippen LogP contribution in [-0.4, -0.2) is 49.2 Å². The minimum absolute atomic E-state index is 0.260. The molecule has 3 atom stereocenters. The predicted molar refractivity (Wildman–Crippen MR) is 84.0 cm³/mol. The van der Waals surface area contributed by atoms with E-state index in [-0.39, 0.29) is 6.04 Å². The summed E-state index contributed by atoms with van der Waals surface area (Å²) in [4.78, 5) is 0. The normalized spacial score (nSPS) is 36.3. The Hall–Kier alpha value is -0.170. The summed E-state index contributed by atoms with van der Waals surface area (Å²) < 4.78 is 29.7. The van der Waals surface area contributed by atoms with Crippen molar-refractivity contribution < 1.29 is 8.42 Å². The second-order valence-corrected chi connectivity index (χ2v) is 8.86. The first kappa shape index (κ1) is 15.7. The van der Waals surface area contributed by atoms with Gasteiger partial charge in [-0.25, -0.2) is 0 Å². The highest BCUT2D eigenvalue weighted by molar-refractivity contribution is 7.86. The highest BCUT2D eigenvalue weighted by Crippen LogP contribution is 2.37. The molecule has 6 heteroatoms. The first-order chi connectivity index (χ1) is 10.1. The van der Waals surface area contributed by atoms with Gasteiger partial charge in [-0.05, 0) is 56.9 Å². The molecular formula is C15H29N3O2S. The van der Waals surface area contributed by atoms with Gasteiger partial charge in [-0.3, -0.25) is 0 Å². The molecule has 0 spiro atoms. The molecule has 2 N–H and O–H groups in total. The molecule has 2 heterocycles. The largest absolute Gasteiger partial charge is 0.330 e. The monoisotopic (exact) mass is 315 g/mol. The van der Waals surface area contributed by atoms with Crippen LogP contribution in [0.1, 0.15) is 51.4 Å². The fraction of sp³-hybridized carbons (Fsp3) is 1.00. The molecule has 0 bridgehead atoms. The van der Waals surface area contributed by atoms with Gasteiger partial charge in [-0.15, -0.1) is 0 Å².